The number of anilines is 1. The summed E-state index contributed by atoms with van der Waals surface area (Å²) in [6.07, 6.45) is 6.15. The molecule has 1 aliphatic rings. The lowest BCUT2D eigenvalue weighted by atomic mass is 10.0. The molecule has 0 atom stereocenters. The first kappa shape index (κ1) is 13.8. The Morgan fingerprint density at radius 1 is 1.50 bits per heavy atom. The van der Waals surface area contributed by atoms with Crippen LogP contribution in [-0.4, -0.2) is 40.7 Å². The molecule has 4 nitrogen and oxygen atoms in total. The Labute approximate surface area is 113 Å². The molecule has 0 bridgehead atoms. The fourth-order valence-corrected chi connectivity index (χ4v) is 3.59. The molecule has 5 heteroatoms. The maximum atomic E-state index is 10.4. The van der Waals surface area contributed by atoms with E-state index < -0.39 is 5.60 Å². The first-order chi connectivity index (χ1) is 8.61. The Balaban J connectivity index is 1.84. The van der Waals surface area contributed by atoms with E-state index in [4.69, 9.17) is 0 Å². The third-order valence-corrected chi connectivity index (χ3v) is 4.35. The average Bonchev–Trinajstić information content (AvgIpc) is 2.89. The lowest BCUT2D eigenvalue weighted by Crippen LogP contribution is -2.38. The van der Waals surface area contributed by atoms with E-state index in [2.05, 4.69) is 29.2 Å². The number of hydrogen-bond acceptors (Lipinski definition) is 5. The Morgan fingerprint density at radius 3 is 2.89 bits per heavy atom. The molecule has 0 unspecified atom stereocenters. The lowest BCUT2D eigenvalue weighted by molar-refractivity contribution is 0.0147. The molecule has 1 heterocycles. The quantitative estimate of drug-likeness (QED) is 0.832. The van der Waals surface area contributed by atoms with Gasteiger partial charge in [-0.25, -0.2) is 4.98 Å². The summed E-state index contributed by atoms with van der Waals surface area (Å²) in [5, 5.41) is 14.6. The van der Waals surface area contributed by atoms with Gasteiger partial charge in [-0.1, -0.05) is 12.8 Å². The van der Waals surface area contributed by atoms with Crippen LogP contribution in [-0.2, 0) is 6.54 Å². The second kappa shape index (κ2) is 5.99. The first-order valence-electron chi connectivity index (χ1n) is 6.71. The highest BCUT2D eigenvalue weighted by Crippen LogP contribution is 2.30. The predicted molar refractivity (Wildman–Crippen MR) is 76.0 cm³/mol. The van der Waals surface area contributed by atoms with Gasteiger partial charge < -0.3 is 10.4 Å². The van der Waals surface area contributed by atoms with Crippen LogP contribution in [0.3, 0.4) is 0 Å². The number of aliphatic hydroxyl groups is 1. The van der Waals surface area contributed by atoms with Gasteiger partial charge in [0.15, 0.2) is 5.13 Å². The number of likely N-dealkylation sites (N-methyl/N-ethyl adjacent to an activating group) is 1. The molecular formula is C13H23N3OS. The van der Waals surface area contributed by atoms with E-state index in [1.807, 2.05) is 6.20 Å². The highest BCUT2D eigenvalue weighted by Gasteiger charge is 2.32. The molecule has 0 aliphatic heterocycles. The van der Waals surface area contributed by atoms with Crippen LogP contribution >= 0.6 is 11.3 Å². The van der Waals surface area contributed by atoms with Crippen molar-refractivity contribution in [2.75, 3.05) is 25.5 Å². The minimum atomic E-state index is -0.454. The van der Waals surface area contributed by atoms with E-state index in [0.717, 1.165) is 50.4 Å². The Morgan fingerprint density at radius 2 is 2.22 bits per heavy atom. The zero-order valence-corrected chi connectivity index (χ0v) is 12.1. The first-order valence-corrected chi connectivity index (χ1v) is 7.52. The summed E-state index contributed by atoms with van der Waals surface area (Å²) in [6.45, 7) is 4.61. The molecule has 0 amide bonds. The normalized spacial score (nSPS) is 18.4. The molecule has 2 N–H and O–H groups in total. The average molecular weight is 269 g/mol. The van der Waals surface area contributed by atoms with Gasteiger partial charge >= 0.3 is 0 Å². The highest BCUT2D eigenvalue weighted by molar-refractivity contribution is 7.15. The van der Waals surface area contributed by atoms with E-state index in [-0.39, 0.29) is 0 Å². The fourth-order valence-electron chi connectivity index (χ4n) is 2.63. The minimum absolute atomic E-state index is 0.454. The van der Waals surface area contributed by atoms with Crippen LogP contribution in [0.4, 0.5) is 5.13 Å². The number of thiazole rings is 1. The van der Waals surface area contributed by atoms with Crippen molar-refractivity contribution in [2.24, 2.45) is 0 Å². The van der Waals surface area contributed by atoms with Crippen molar-refractivity contribution in [3.8, 4) is 0 Å². The van der Waals surface area contributed by atoms with Gasteiger partial charge in [-0.05, 0) is 26.8 Å². The van der Waals surface area contributed by atoms with Crippen LogP contribution < -0.4 is 5.32 Å². The molecule has 2 rings (SSSR count). The van der Waals surface area contributed by atoms with Gasteiger partial charge in [-0.2, -0.15) is 0 Å². The van der Waals surface area contributed by atoms with Crippen molar-refractivity contribution in [3.63, 3.8) is 0 Å². The van der Waals surface area contributed by atoms with Crippen molar-refractivity contribution < 1.29 is 5.11 Å². The van der Waals surface area contributed by atoms with Crippen LogP contribution in [0.5, 0.6) is 0 Å². The van der Waals surface area contributed by atoms with Gasteiger partial charge in [0.1, 0.15) is 0 Å². The number of aromatic nitrogens is 1. The van der Waals surface area contributed by atoms with E-state index in [1.54, 1.807) is 11.3 Å². The Bertz CT molecular complexity index is 374. The summed E-state index contributed by atoms with van der Waals surface area (Å²) in [7, 11) is 2.07. The fraction of sp³-hybridized carbons (Fsp3) is 0.769. The maximum Gasteiger partial charge on any atom is 0.182 e. The molecular weight excluding hydrogens is 246 g/mol. The molecule has 102 valence electrons. The molecule has 1 aromatic heterocycles. The zero-order chi connectivity index (χ0) is 13.0. The van der Waals surface area contributed by atoms with Gasteiger partial charge in [-0.15, -0.1) is 11.3 Å². The van der Waals surface area contributed by atoms with E-state index in [1.165, 1.54) is 4.88 Å². The van der Waals surface area contributed by atoms with Crippen LogP contribution in [0.2, 0.25) is 0 Å². The van der Waals surface area contributed by atoms with Crippen molar-refractivity contribution in [3.05, 3.63) is 11.1 Å². The summed E-state index contributed by atoms with van der Waals surface area (Å²) in [6, 6.07) is 0. The summed E-state index contributed by atoms with van der Waals surface area (Å²) in [5.74, 6) is 0. The van der Waals surface area contributed by atoms with E-state index >= 15 is 0 Å². The Hall–Kier alpha value is -0.650. The summed E-state index contributed by atoms with van der Waals surface area (Å²) in [4.78, 5) is 7.77. The van der Waals surface area contributed by atoms with Gasteiger partial charge in [0.2, 0.25) is 0 Å². The van der Waals surface area contributed by atoms with Gasteiger partial charge in [-0.3, -0.25) is 4.90 Å². The molecule has 0 spiro atoms. The second-order valence-electron chi connectivity index (χ2n) is 5.27. The summed E-state index contributed by atoms with van der Waals surface area (Å²) < 4.78 is 0. The third kappa shape index (κ3) is 3.67. The molecule has 0 saturated heterocycles. The van der Waals surface area contributed by atoms with Gasteiger partial charge in [0.25, 0.3) is 0 Å². The molecule has 1 aromatic rings. The molecule has 0 radical (unpaired) electrons. The number of hydrogen-bond donors (Lipinski definition) is 2. The smallest absolute Gasteiger partial charge is 0.182 e. The van der Waals surface area contributed by atoms with E-state index in [0.29, 0.717) is 0 Å². The highest BCUT2D eigenvalue weighted by atomic mass is 32.1. The third-order valence-electron chi connectivity index (χ3n) is 3.41. The van der Waals surface area contributed by atoms with Crippen molar-refractivity contribution in [1.82, 2.24) is 9.88 Å². The minimum Gasteiger partial charge on any atom is -0.389 e. The topological polar surface area (TPSA) is 48.4 Å². The van der Waals surface area contributed by atoms with Crippen molar-refractivity contribution in [2.45, 2.75) is 44.8 Å². The summed E-state index contributed by atoms with van der Waals surface area (Å²) in [5.41, 5.74) is -0.454. The zero-order valence-electron chi connectivity index (χ0n) is 11.3. The van der Waals surface area contributed by atoms with Crippen LogP contribution in [0.25, 0.3) is 0 Å². The molecule has 18 heavy (non-hydrogen) atoms. The monoisotopic (exact) mass is 269 g/mol. The lowest BCUT2D eigenvalue weighted by Gasteiger charge is -2.28. The molecule has 1 fully saturated rings. The number of nitrogens with one attached hydrogen (secondary N) is 1. The SMILES string of the molecule is CCNc1ncc(CN(C)CC2(O)CCCC2)s1. The predicted octanol–water partition coefficient (Wildman–Crippen LogP) is 2.31. The molecule has 1 aliphatic carbocycles. The Kier molecular flexibility index (Phi) is 4.59. The second-order valence-corrected chi connectivity index (χ2v) is 6.38. The largest absolute Gasteiger partial charge is 0.389 e. The number of nitrogens with zero attached hydrogens (tertiary/aromatic N) is 2. The summed E-state index contributed by atoms with van der Waals surface area (Å²) >= 11 is 1.70. The van der Waals surface area contributed by atoms with Gasteiger partial charge in [0, 0.05) is 30.7 Å². The van der Waals surface area contributed by atoms with Crippen molar-refractivity contribution in [1.29, 1.82) is 0 Å². The maximum absolute atomic E-state index is 10.4. The van der Waals surface area contributed by atoms with E-state index in [9.17, 15) is 5.11 Å². The number of rotatable bonds is 6. The molecule has 0 aromatic carbocycles. The van der Waals surface area contributed by atoms with Crippen molar-refractivity contribution >= 4 is 16.5 Å². The van der Waals surface area contributed by atoms with Crippen LogP contribution in [0.1, 0.15) is 37.5 Å². The standard InChI is InChI=1S/C13H23N3OS/c1-3-14-12-15-8-11(18-12)9-16(2)10-13(17)6-4-5-7-13/h8,17H,3-7,9-10H2,1-2H3,(H,14,15). The molecule has 1 saturated carbocycles. The van der Waals surface area contributed by atoms with Gasteiger partial charge in [0.05, 0.1) is 5.60 Å². The van der Waals surface area contributed by atoms with Crippen LogP contribution in [0.15, 0.2) is 6.20 Å². The van der Waals surface area contributed by atoms with Crippen LogP contribution in [0, 0.1) is 0 Å².